The van der Waals surface area contributed by atoms with E-state index in [1.807, 2.05) is 0 Å². The van der Waals surface area contributed by atoms with Crippen LogP contribution in [0, 0.1) is 11.3 Å². The van der Waals surface area contributed by atoms with Gasteiger partial charge >= 0.3 is 0 Å². The first-order valence-electron chi connectivity index (χ1n) is 2.98. The minimum Gasteiger partial charge on any atom is -0.328 e. The second-order valence-electron chi connectivity index (χ2n) is 2.01. The highest BCUT2D eigenvalue weighted by Gasteiger charge is 2.08. The van der Waals surface area contributed by atoms with Crippen molar-refractivity contribution in [3.05, 3.63) is 33.7 Å². The summed E-state index contributed by atoms with van der Waals surface area (Å²) in [6.45, 7) is 0. The molecular formula is C7H3ClN2O2. The third kappa shape index (κ3) is 1.52. The molecule has 0 unspecified atom stereocenters. The van der Waals surface area contributed by atoms with Gasteiger partial charge in [-0.3, -0.25) is 9.59 Å². The average molecular weight is 183 g/mol. The summed E-state index contributed by atoms with van der Waals surface area (Å²) >= 11 is 5.12. The summed E-state index contributed by atoms with van der Waals surface area (Å²) in [5.74, 6) is 0. The summed E-state index contributed by atoms with van der Waals surface area (Å²) in [5, 5.41) is 7.67. The fraction of sp³-hybridized carbons (Fsp3) is 0. The number of nitrogens with one attached hydrogen (secondary N) is 1. The SMILES string of the molecule is N#Cc1c[nH]c(=O)cc1C(=O)Cl. The zero-order valence-electron chi connectivity index (χ0n) is 5.80. The van der Waals surface area contributed by atoms with Crippen LogP contribution < -0.4 is 5.56 Å². The summed E-state index contributed by atoms with van der Waals surface area (Å²) in [6.07, 6.45) is 1.15. The number of pyridine rings is 1. The molecule has 4 nitrogen and oxygen atoms in total. The van der Waals surface area contributed by atoms with Gasteiger partial charge < -0.3 is 4.98 Å². The Balaban J connectivity index is 3.44. The molecule has 5 heteroatoms. The average Bonchev–Trinajstić information content (AvgIpc) is 2.04. The lowest BCUT2D eigenvalue weighted by Crippen LogP contribution is -2.08. The highest BCUT2D eigenvalue weighted by molar-refractivity contribution is 6.68. The van der Waals surface area contributed by atoms with Crippen LogP contribution in [0.25, 0.3) is 0 Å². The van der Waals surface area contributed by atoms with E-state index in [1.54, 1.807) is 6.07 Å². The summed E-state index contributed by atoms with van der Waals surface area (Å²) in [4.78, 5) is 23.6. The number of rotatable bonds is 1. The molecule has 0 aliphatic rings. The molecule has 0 aliphatic heterocycles. The number of aromatic amines is 1. The highest BCUT2D eigenvalue weighted by Crippen LogP contribution is 2.05. The molecule has 0 saturated carbocycles. The van der Waals surface area contributed by atoms with Gasteiger partial charge in [-0.1, -0.05) is 0 Å². The Morgan fingerprint density at radius 3 is 2.83 bits per heavy atom. The van der Waals surface area contributed by atoms with Crippen LogP contribution >= 0.6 is 11.6 Å². The van der Waals surface area contributed by atoms with Gasteiger partial charge in [-0.2, -0.15) is 5.26 Å². The zero-order chi connectivity index (χ0) is 9.14. The first-order valence-corrected chi connectivity index (χ1v) is 3.35. The predicted molar refractivity (Wildman–Crippen MR) is 42.0 cm³/mol. The lowest BCUT2D eigenvalue weighted by atomic mass is 10.2. The van der Waals surface area contributed by atoms with Crippen molar-refractivity contribution in [3.8, 4) is 6.07 Å². The summed E-state index contributed by atoms with van der Waals surface area (Å²) in [6, 6.07) is 2.72. The Morgan fingerprint density at radius 2 is 2.33 bits per heavy atom. The molecule has 0 atom stereocenters. The number of carbonyl (C=O) groups is 1. The molecule has 0 spiro atoms. The quantitative estimate of drug-likeness (QED) is 0.648. The van der Waals surface area contributed by atoms with Gasteiger partial charge in [0.2, 0.25) is 5.56 Å². The lowest BCUT2D eigenvalue weighted by molar-refractivity contribution is 0.108. The molecule has 0 radical (unpaired) electrons. The number of carbonyl (C=O) groups excluding carboxylic acids is 1. The minimum atomic E-state index is -0.808. The van der Waals surface area contributed by atoms with E-state index in [4.69, 9.17) is 16.9 Å². The third-order valence-electron chi connectivity index (χ3n) is 1.26. The molecule has 1 N–H and O–H groups in total. The van der Waals surface area contributed by atoms with Gasteiger partial charge in [0.15, 0.2) is 0 Å². The van der Waals surface area contributed by atoms with Crippen molar-refractivity contribution in [2.24, 2.45) is 0 Å². The van der Waals surface area contributed by atoms with Crippen molar-refractivity contribution >= 4 is 16.8 Å². The molecule has 0 aliphatic carbocycles. The minimum absolute atomic E-state index is 0.0644. The molecule has 60 valence electrons. The summed E-state index contributed by atoms with van der Waals surface area (Å²) in [7, 11) is 0. The van der Waals surface area contributed by atoms with Crippen LogP contribution in [0.5, 0.6) is 0 Å². The van der Waals surface area contributed by atoms with E-state index in [1.165, 1.54) is 0 Å². The first kappa shape index (κ1) is 8.50. The molecule has 0 aromatic carbocycles. The van der Waals surface area contributed by atoms with Crippen molar-refractivity contribution in [1.82, 2.24) is 4.98 Å². The lowest BCUT2D eigenvalue weighted by Gasteiger charge is -1.93. The Bertz CT molecular complexity index is 416. The van der Waals surface area contributed by atoms with E-state index >= 15 is 0 Å². The van der Waals surface area contributed by atoms with Crippen molar-refractivity contribution in [2.75, 3.05) is 0 Å². The molecule has 0 bridgehead atoms. The van der Waals surface area contributed by atoms with Crippen LogP contribution in [0.15, 0.2) is 17.1 Å². The Kier molecular flexibility index (Phi) is 2.26. The van der Waals surface area contributed by atoms with Crippen LogP contribution in [0.3, 0.4) is 0 Å². The molecule has 1 aromatic heterocycles. The second-order valence-corrected chi connectivity index (χ2v) is 2.35. The van der Waals surface area contributed by atoms with Gasteiger partial charge in [0.1, 0.15) is 6.07 Å². The molecule has 1 aromatic rings. The van der Waals surface area contributed by atoms with E-state index in [0.717, 1.165) is 12.3 Å². The largest absolute Gasteiger partial charge is 0.328 e. The molecule has 1 rings (SSSR count). The van der Waals surface area contributed by atoms with Gasteiger partial charge in [0.25, 0.3) is 5.24 Å². The van der Waals surface area contributed by atoms with Crippen LogP contribution in [-0.4, -0.2) is 10.2 Å². The molecule has 1 heterocycles. The number of nitriles is 1. The van der Waals surface area contributed by atoms with Crippen LogP contribution in [0.1, 0.15) is 15.9 Å². The standard InChI is InChI=1S/C7H3ClN2O2/c8-7(12)5-1-6(11)10-3-4(5)2-9/h1,3H,(H,10,11). The Hall–Kier alpha value is -1.60. The molecule has 12 heavy (non-hydrogen) atoms. The van der Waals surface area contributed by atoms with E-state index in [9.17, 15) is 9.59 Å². The number of halogens is 1. The fourth-order valence-corrected chi connectivity index (χ4v) is 0.883. The van der Waals surface area contributed by atoms with E-state index in [2.05, 4.69) is 4.98 Å². The van der Waals surface area contributed by atoms with Crippen LogP contribution in [0.2, 0.25) is 0 Å². The summed E-state index contributed by atoms with van der Waals surface area (Å²) in [5.41, 5.74) is -0.462. The molecular weight excluding hydrogens is 180 g/mol. The van der Waals surface area contributed by atoms with E-state index in [-0.39, 0.29) is 11.1 Å². The maximum Gasteiger partial charge on any atom is 0.253 e. The van der Waals surface area contributed by atoms with E-state index < -0.39 is 10.8 Å². The van der Waals surface area contributed by atoms with Crippen molar-refractivity contribution in [3.63, 3.8) is 0 Å². The molecule has 0 saturated heterocycles. The third-order valence-corrected chi connectivity index (χ3v) is 1.46. The second kappa shape index (κ2) is 3.20. The van der Waals surface area contributed by atoms with Gasteiger partial charge in [0, 0.05) is 12.3 Å². The van der Waals surface area contributed by atoms with Crippen molar-refractivity contribution in [2.45, 2.75) is 0 Å². The first-order chi connectivity index (χ1) is 5.65. The van der Waals surface area contributed by atoms with Gasteiger partial charge in [-0.05, 0) is 11.6 Å². The normalized spacial score (nSPS) is 9.00. The van der Waals surface area contributed by atoms with Crippen LogP contribution in [-0.2, 0) is 0 Å². The number of hydrogen-bond donors (Lipinski definition) is 1. The van der Waals surface area contributed by atoms with Crippen LogP contribution in [0.4, 0.5) is 0 Å². The Morgan fingerprint density at radius 1 is 1.67 bits per heavy atom. The number of H-pyrrole nitrogens is 1. The molecule has 0 fully saturated rings. The monoisotopic (exact) mass is 182 g/mol. The topological polar surface area (TPSA) is 73.7 Å². The number of nitrogens with zero attached hydrogens (tertiary/aromatic N) is 1. The van der Waals surface area contributed by atoms with E-state index in [0.29, 0.717) is 0 Å². The maximum atomic E-state index is 10.7. The maximum absolute atomic E-state index is 10.7. The fourth-order valence-electron chi connectivity index (χ4n) is 0.727. The van der Waals surface area contributed by atoms with Gasteiger partial charge in [-0.15, -0.1) is 0 Å². The van der Waals surface area contributed by atoms with Gasteiger partial charge in [-0.25, -0.2) is 0 Å². The number of aromatic nitrogens is 1. The highest BCUT2D eigenvalue weighted by atomic mass is 35.5. The van der Waals surface area contributed by atoms with Crippen molar-refractivity contribution in [1.29, 1.82) is 5.26 Å². The van der Waals surface area contributed by atoms with Gasteiger partial charge in [0.05, 0.1) is 11.1 Å². The smallest absolute Gasteiger partial charge is 0.253 e. The Labute approximate surface area is 72.4 Å². The van der Waals surface area contributed by atoms with Crippen molar-refractivity contribution < 1.29 is 4.79 Å². The summed E-state index contributed by atoms with van der Waals surface area (Å²) < 4.78 is 0. The predicted octanol–water partition coefficient (Wildman–Crippen LogP) is 0.626. The zero-order valence-corrected chi connectivity index (χ0v) is 6.55. The molecule has 0 amide bonds. The number of hydrogen-bond acceptors (Lipinski definition) is 3.